The first-order valence-electron chi connectivity index (χ1n) is 4.38. The van der Waals surface area contributed by atoms with Crippen LogP contribution in [0.1, 0.15) is 10.4 Å². The van der Waals surface area contributed by atoms with Crippen molar-refractivity contribution in [1.82, 2.24) is 0 Å². The molecule has 84 valence electrons. The topological polar surface area (TPSA) is 95.9 Å². The number of anilines is 1. The fourth-order valence-electron chi connectivity index (χ4n) is 1.21. The van der Waals surface area contributed by atoms with Crippen LogP contribution in [0.25, 0.3) is 0 Å². The highest BCUT2D eigenvalue weighted by Crippen LogP contribution is 2.09. The van der Waals surface area contributed by atoms with E-state index < -0.39 is 13.1 Å². The predicted octanol–water partition coefficient (Wildman–Crippen LogP) is -1.28. The lowest BCUT2D eigenvalue weighted by atomic mass is 9.78. The SMILES string of the molecule is COC(=O)c1ccc(B(O)O)c(NC=O)c1. The molecule has 0 radical (unpaired) electrons. The molecule has 16 heavy (non-hydrogen) atoms. The molecule has 0 saturated heterocycles. The van der Waals surface area contributed by atoms with Crippen LogP contribution in [-0.2, 0) is 9.53 Å². The molecule has 1 amide bonds. The molecule has 0 heterocycles. The molecule has 0 aliphatic carbocycles. The smallest absolute Gasteiger partial charge is 0.465 e. The summed E-state index contributed by atoms with van der Waals surface area (Å²) < 4.78 is 4.49. The van der Waals surface area contributed by atoms with Gasteiger partial charge in [0.15, 0.2) is 0 Å². The van der Waals surface area contributed by atoms with Crippen LogP contribution < -0.4 is 10.8 Å². The number of nitrogens with one attached hydrogen (secondary N) is 1. The predicted molar refractivity (Wildman–Crippen MR) is 57.3 cm³/mol. The quantitative estimate of drug-likeness (QED) is 0.335. The highest BCUT2D eigenvalue weighted by atomic mass is 16.5. The molecule has 3 N–H and O–H groups in total. The van der Waals surface area contributed by atoms with E-state index >= 15 is 0 Å². The van der Waals surface area contributed by atoms with Crippen LogP contribution in [0, 0.1) is 0 Å². The molecule has 1 aromatic carbocycles. The van der Waals surface area contributed by atoms with E-state index in [0.717, 1.165) is 0 Å². The molecule has 0 atom stereocenters. The highest BCUT2D eigenvalue weighted by molar-refractivity contribution is 6.60. The van der Waals surface area contributed by atoms with Gasteiger partial charge in [0.2, 0.25) is 6.41 Å². The summed E-state index contributed by atoms with van der Waals surface area (Å²) in [5, 5.41) is 20.3. The van der Waals surface area contributed by atoms with E-state index in [1.165, 1.54) is 25.3 Å². The number of methoxy groups -OCH3 is 1. The first-order chi connectivity index (χ1) is 7.60. The number of esters is 1. The number of ether oxygens (including phenoxy) is 1. The number of carbonyl (C=O) groups is 2. The highest BCUT2D eigenvalue weighted by Gasteiger charge is 2.18. The first kappa shape index (κ1) is 12.2. The third-order valence-electron chi connectivity index (χ3n) is 1.97. The zero-order valence-electron chi connectivity index (χ0n) is 8.51. The Morgan fingerprint density at radius 3 is 2.69 bits per heavy atom. The lowest BCUT2D eigenvalue weighted by Crippen LogP contribution is -2.32. The molecular formula is C9H10BNO5. The number of hydrogen-bond donors (Lipinski definition) is 3. The summed E-state index contributed by atoms with van der Waals surface area (Å²) in [6.07, 6.45) is 0.377. The van der Waals surface area contributed by atoms with E-state index in [1.54, 1.807) is 0 Å². The van der Waals surface area contributed by atoms with Crippen molar-refractivity contribution in [3.8, 4) is 0 Å². The Kier molecular flexibility index (Phi) is 4.04. The largest absolute Gasteiger partial charge is 0.490 e. The van der Waals surface area contributed by atoms with Gasteiger partial charge < -0.3 is 20.1 Å². The molecule has 0 unspecified atom stereocenters. The Hall–Kier alpha value is -1.86. The van der Waals surface area contributed by atoms with Gasteiger partial charge in [-0.15, -0.1) is 0 Å². The van der Waals surface area contributed by atoms with E-state index in [4.69, 9.17) is 10.0 Å². The van der Waals surface area contributed by atoms with E-state index in [-0.39, 0.29) is 16.7 Å². The maximum absolute atomic E-state index is 11.2. The van der Waals surface area contributed by atoms with E-state index in [0.29, 0.717) is 6.41 Å². The average Bonchev–Trinajstić information content (AvgIpc) is 2.28. The van der Waals surface area contributed by atoms with Crippen molar-refractivity contribution in [2.45, 2.75) is 0 Å². The minimum atomic E-state index is -1.73. The molecule has 0 aromatic heterocycles. The zero-order valence-corrected chi connectivity index (χ0v) is 8.51. The van der Waals surface area contributed by atoms with E-state index in [9.17, 15) is 9.59 Å². The van der Waals surface area contributed by atoms with Crippen molar-refractivity contribution in [3.63, 3.8) is 0 Å². The van der Waals surface area contributed by atoms with Crippen LogP contribution >= 0.6 is 0 Å². The molecule has 0 fully saturated rings. The van der Waals surface area contributed by atoms with Crippen molar-refractivity contribution < 1.29 is 24.4 Å². The zero-order chi connectivity index (χ0) is 12.1. The number of hydrogen-bond acceptors (Lipinski definition) is 5. The number of amides is 1. The van der Waals surface area contributed by atoms with Gasteiger partial charge in [-0.25, -0.2) is 4.79 Å². The second kappa shape index (κ2) is 5.29. The third kappa shape index (κ3) is 2.59. The number of rotatable bonds is 4. The Labute approximate surface area is 92.0 Å². The van der Waals surface area contributed by atoms with Crippen molar-refractivity contribution in [2.75, 3.05) is 12.4 Å². The Bertz CT molecular complexity index is 407. The molecule has 1 aromatic rings. The first-order valence-corrected chi connectivity index (χ1v) is 4.38. The van der Waals surface area contributed by atoms with Gasteiger partial charge in [-0.1, -0.05) is 6.07 Å². The van der Waals surface area contributed by atoms with Gasteiger partial charge in [0.25, 0.3) is 0 Å². The molecule has 0 bridgehead atoms. The summed E-state index contributed by atoms with van der Waals surface area (Å²) in [6.45, 7) is 0. The number of carbonyl (C=O) groups excluding carboxylic acids is 2. The summed E-state index contributed by atoms with van der Waals surface area (Å²) in [6, 6.07) is 3.99. The second-order valence-corrected chi connectivity index (χ2v) is 2.93. The van der Waals surface area contributed by atoms with Crippen LogP contribution in [0.4, 0.5) is 5.69 Å². The lowest BCUT2D eigenvalue weighted by Gasteiger charge is -2.09. The monoisotopic (exact) mass is 223 g/mol. The van der Waals surface area contributed by atoms with Crippen molar-refractivity contribution in [2.24, 2.45) is 0 Å². The fourth-order valence-corrected chi connectivity index (χ4v) is 1.21. The van der Waals surface area contributed by atoms with Crippen molar-refractivity contribution in [3.05, 3.63) is 23.8 Å². The maximum Gasteiger partial charge on any atom is 0.490 e. The summed E-state index contributed by atoms with van der Waals surface area (Å²) in [7, 11) is -0.501. The van der Waals surface area contributed by atoms with Gasteiger partial charge in [-0.2, -0.15) is 0 Å². The summed E-state index contributed by atoms with van der Waals surface area (Å²) in [5.41, 5.74) is 0.448. The Morgan fingerprint density at radius 2 is 2.19 bits per heavy atom. The molecule has 0 saturated carbocycles. The summed E-state index contributed by atoms with van der Waals surface area (Å²) in [5.74, 6) is -0.576. The van der Waals surface area contributed by atoms with Crippen LogP contribution in [0.3, 0.4) is 0 Å². The van der Waals surface area contributed by atoms with Gasteiger partial charge >= 0.3 is 13.1 Å². The lowest BCUT2D eigenvalue weighted by molar-refractivity contribution is -0.105. The molecule has 7 heteroatoms. The normalized spacial score (nSPS) is 9.44. The third-order valence-corrected chi connectivity index (χ3v) is 1.97. The van der Waals surface area contributed by atoms with Gasteiger partial charge in [0.05, 0.1) is 12.7 Å². The van der Waals surface area contributed by atoms with Crippen molar-refractivity contribution >= 4 is 30.6 Å². The molecule has 0 aliphatic heterocycles. The molecular weight excluding hydrogens is 213 g/mol. The minimum Gasteiger partial charge on any atom is -0.465 e. The molecule has 6 nitrogen and oxygen atoms in total. The molecule has 0 spiro atoms. The standard InChI is InChI=1S/C9H10BNO5/c1-16-9(13)6-2-3-7(10(14)15)8(4-6)11-5-12/h2-5,14-15H,1H3,(H,11,12). The van der Waals surface area contributed by atoms with E-state index in [2.05, 4.69) is 10.1 Å². The van der Waals surface area contributed by atoms with Crippen LogP contribution in [-0.4, -0.2) is 36.7 Å². The fraction of sp³-hybridized carbons (Fsp3) is 0.111. The van der Waals surface area contributed by atoms with Crippen LogP contribution in [0.5, 0.6) is 0 Å². The van der Waals surface area contributed by atoms with Gasteiger partial charge in [-0.05, 0) is 12.1 Å². The van der Waals surface area contributed by atoms with Crippen molar-refractivity contribution in [1.29, 1.82) is 0 Å². The van der Waals surface area contributed by atoms with Crippen LogP contribution in [0.2, 0.25) is 0 Å². The maximum atomic E-state index is 11.2. The molecule has 0 aliphatic rings. The number of benzene rings is 1. The summed E-state index contributed by atoms with van der Waals surface area (Å²) in [4.78, 5) is 21.5. The Balaban J connectivity index is 3.16. The Morgan fingerprint density at radius 1 is 1.50 bits per heavy atom. The van der Waals surface area contributed by atoms with E-state index in [1.807, 2.05) is 0 Å². The van der Waals surface area contributed by atoms with Crippen LogP contribution in [0.15, 0.2) is 18.2 Å². The second-order valence-electron chi connectivity index (χ2n) is 2.93. The van der Waals surface area contributed by atoms with Gasteiger partial charge in [-0.3, -0.25) is 4.79 Å². The minimum absolute atomic E-state index is 0.0970. The summed E-state index contributed by atoms with van der Waals surface area (Å²) >= 11 is 0. The average molecular weight is 223 g/mol. The molecule has 1 rings (SSSR count). The van der Waals surface area contributed by atoms with Gasteiger partial charge in [0, 0.05) is 11.2 Å². The van der Waals surface area contributed by atoms with Gasteiger partial charge in [0.1, 0.15) is 0 Å².